The first-order chi connectivity index (χ1) is 8.29. The minimum atomic E-state index is -0.323. The predicted molar refractivity (Wildman–Crippen MR) is 67.2 cm³/mol. The predicted octanol–water partition coefficient (Wildman–Crippen LogP) is 2.54. The summed E-state index contributed by atoms with van der Waals surface area (Å²) < 4.78 is 4.63. The number of carbonyl (C=O) groups excluding carboxylic acids is 1. The Balaban J connectivity index is 1.96. The summed E-state index contributed by atoms with van der Waals surface area (Å²) in [4.78, 5) is 15.4. The molecule has 1 aromatic heterocycles. The van der Waals surface area contributed by atoms with Crippen LogP contribution in [0.3, 0.4) is 0 Å². The normalized spacial score (nSPS) is 9.94. The standard InChI is InChI=1S/C12H12N2O2S/c1-16-12(15)9-2-4-10(5-3-9)14-8-11-13-6-7-17-11/h2-7,14H,8H2,1H3. The molecule has 0 spiro atoms. The van der Waals surface area contributed by atoms with Crippen LogP contribution in [0, 0.1) is 0 Å². The Kier molecular flexibility index (Phi) is 3.72. The molecule has 5 heteroatoms. The molecule has 17 heavy (non-hydrogen) atoms. The van der Waals surface area contributed by atoms with E-state index in [1.807, 2.05) is 17.5 Å². The molecule has 0 aliphatic rings. The topological polar surface area (TPSA) is 51.2 Å². The molecule has 0 aliphatic heterocycles. The molecule has 0 aliphatic carbocycles. The number of methoxy groups -OCH3 is 1. The van der Waals surface area contributed by atoms with Crippen LogP contribution in [0.1, 0.15) is 15.4 Å². The van der Waals surface area contributed by atoms with Crippen molar-refractivity contribution in [3.63, 3.8) is 0 Å². The van der Waals surface area contributed by atoms with Crippen molar-refractivity contribution >= 4 is 23.0 Å². The molecule has 1 aromatic carbocycles. The van der Waals surface area contributed by atoms with E-state index in [4.69, 9.17) is 0 Å². The third kappa shape index (κ3) is 3.04. The van der Waals surface area contributed by atoms with Gasteiger partial charge in [0.25, 0.3) is 0 Å². The number of thiazole rings is 1. The SMILES string of the molecule is COC(=O)c1ccc(NCc2nccs2)cc1. The van der Waals surface area contributed by atoms with Gasteiger partial charge in [0, 0.05) is 17.3 Å². The van der Waals surface area contributed by atoms with Gasteiger partial charge < -0.3 is 10.1 Å². The molecule has 0 unspecified atom stereocenters. The summed E-state index contributed by atoms with van der Waals surface area (Å²) in [5.41, 5.74) is 1.50. The number of anilines is 1. The van der Waals surface area contributed by atoms with Crippen molar-refractivity contribution in [2.24, 2.45) is 0 Å². The lowest BCUT2D eigenvalue weighted by Gasteiger charge is -2.05. The zero-order chi connectivity index (χ0) is 12.1. The average Bonchev–Trinajstić information content (AvgIpc) is 2.89. The second kappa shape index (κ2) is 5.45. The van der Waals surface area contributed by atoms with Gasteiger partial charge in [0.15, 0.2) is 0 Å². The summed E-state index contributed by atoms with van der Waals surface area (Å²) in [5, 5.41) is 6.20. The molecular formula is C12H12N2O2S. The molecule has 0 radical (unpaired) electrons. The molecule has 0 bridgehead atoms. The van der Waals surface area contributed by atoms with Gasteiger partial charge in [-0.25, -0.2) is 9.78 Å². The van der Waals surface area contributed by atoms with Crippen molar-refractivity contribution in [1.82, 2.24) is 4.98 Å². The Morgan fingerprint density at radius 3 is 2.76 bits per heavy atom. The fourth-order valence-corrected chi connectivity index (χ4v) is 1.92. The molecule has 4 nitrogen and oxygen atoms in total. The first kappa shape index (κ1) is 11.6. The number of nitrogens with one attached hydrogen (secondary N) is 1. The number of rotatable bonds is 4. The molecule has 1 N–H and O–H groups in total. The van der Waals surface area contributed by atoms with Gasteiger partial charge in [0.05, 0.1) is 19.2 Å². The van der Waals surface area contributed by atoms with E-state index in [1.54, 1.807) is 29.7 Å². The number of nitrogens with zero attached hydrogens (tertiary/aromatic N) is 1. The number of esters is 1. The number of benzene rings is 1. The zero-order valence-electron chi connectivity index (χ0n) is 9.34. The van der Waals surface area contributed by atoms with Gasteiger partial charge >= 0.3 is 5.97 Å². The van der Waals surface area contributed by atoms with Crippen LogP contribution in [0.5, 0.6) is 0 Å². The molecule has 2 rings (SSSR count). The van der Waals surface area contributed by atoms with Crippen LogP contribution >= 0.6 is 11.3 Å². The average molecular weight is 248 g/mol. The van der Waals surface area contributed by atoms with Gasteiger partial charge in [-0.2, -0.15) is 0 Å². The molecule has 0 amide bonds. The highest BCUT2D eigenvalue weighted by molar-refractivity contribution is 7.09. The van der Waals surface area contributed by atoms with Crippen LogP contribution in [0.15, 0.2) is 35.8 Å². The molecular weight excluding hydrogens is 236 g/mol. The summed E-state index contributed by atoms with van der Waals surface area (Å²) in [7, 11) is 1.37. The van der Waals surface area contributed by atoms with E-state index < -0.39 is 0 Å². The van der Waals surface area contributed by atoms with Crippen molar-refractivity contribution in [2.75, 3.05) is 12.4 Å². The number of hydrogen-bond acceptors (Lipinski definition) is 5. The van der Waals surface area contributed by atoms with E-state index in [1.165, 1.54) is 7.11 Å². The highest BCUT2D eigenvalue weighted by Crippen LogP contribution is 2.12. The minimum absolute atomic E-state index is 0.323. The lowest BCUT2D eigenvalue weighted by Crippen LogP contribution is -2.02. The minimum Gasteiger partial charge on any atom is -0.465 e. The molecule has 0 saturated carbocycles. The van der Waals surface area contributed by atoms with Crippen LogP contribution in [0.25, 0.3) is 0 Å². The third-order valence-electron chi connectivity index (χ3n) is 2.23. The molecule has 1 heterocycles. The summed E-state index contributed by atoms with van der Waals surface area (Å²) in [6.45, 7) is 0.690. The maximum Gasteiger partial charge on any atom is 0.337 e. The molecule has 0 atom stereocenters. The van der Waals surface area contributed by atoms with E-state index in [-0.39, 0.29) is 5.97 Å². The Morgan fingerprint density at radius 1 is 1.41 bits per heavy atom. The Labute approximate surface area is 103 Å². The van der Waals surface area contributed by atoms with Crippen LogP contribution < -0.4 is 5.32 Å². The third-order valence-corrected chi connectivity index (χ3v) is 3.01. The smallest absolute Gasteiger partial charge is 0.337 e. The molecule has 0 saturated heterocycles. The van der Waals surface area contributed by atoms with Gasteiger partial charge in [-0.15, -0.1) is 11.3 Å². The van der Waals surface area contributed by atoms with Crippen molar-refractivity contribution in [1.29, 1.82) is 0 Å². The molecule has 2 aromatic rings. The lowest BCUT2D eigenvalue weighted by atomic mass is 10.2. The summed E-state index contributed by atoms with van der Waals surface area (Å²) in [5.74, 6) is -0.323. The maximum absolute atomic E-state index is 11.2. The first-order valence-corrected chi connectivity index (χ1v) is 5.98. The second-order valence-electron chi connectivity index (χ2n) is 3.35. The van der Waals surface area contributed by atoms with Crippen LogP contribution in [-0.4, -0.2) is 18.1 Å². The molecule has 88 valence electrons. The summed E-state index contributed by atoms with van der Waals surface area (Å²) >= 11 is 1.61. The van der Waals surface area contributed by atoms with Crippen LogP contribution in [-0.2, 0) is 11.3 Å². The Morgan fingerprint density at radius 2 is 2.18 bits per heavy atom. The van der Waals surface area contributed by atoms with E-state index in [9.17, 15) is 4.79 Å². The number of hydrogen-bond donors (Lipinski definition) is 1. The fraction of sp³-hybridized carbons (Fsp3) is 0.167. The van der Waals surface area contributed by atoms with Crippen molar-refractivity contribution in [3.8, 4) is 0 Å². The van der Waals surface area contributed by atoms with Crippen molar-refractivity contribution in [2.45, 2.75) is 6.54 Å². The van der Waals surface area contributed by atoms with E-state index >= 15 is 0 Å². The summed E-state index contributed by atoms with van der Waals surface area (Å²) in [6.07, 6.45) is 1.78. The lowest BCUT2D eigenvalue weighted by molar-refractivity contribution is 0.0601. The number of ether oxygens (including phenoxy) is 1. The van der Waals surface area contributed by atoms with Gasteiger partial charge in [-0.1, -0.05) is 0 Å². The molecule has 0 fully saturated rings. The monoisotopic (exact) mass is 248 g/mol. The quantitative estimate of drug-likeness (QED) is 0.845. The summed E-state index contributed by atoms with van der Waals surface area (Å²) in [6, 6.07) is 7.16. The first-order valence-electron chi connectivity index (χ1n) is 5.10. The van der Waals surface area contributed by atoms with E-state index in [0.717, 1.165) is 10.7 Å². The zero-order valence-corrected chi connectivity index (χ0v) is 10.2. The maximum atomic E-state index is 11.2. The van der Waals surface area contributed by atoms with E-state index in [0.29, 0.717) is 12.1 Å². The highest BCUT2D eigenvalue weighted by Gasteiger charge is 2.04. The second-order valence-corrected chi connectivity index (χ2v) is 4.33. The Bertz CT molecular complexity index is 480. The van der Waals surface area contributed by atoms with Gasteiger partial charge in [-0.05, 0) is 24.3 Å². The van der Waals surface area contributed by atoms with Gasteiger partial charge in [0.2, 0.25) is 0 Å². The largest absolute Gasteiger partial charge is 0.465 e. The highest BCUT2D eigenvalue weighted by atomic mass is 32.1. The van der Waals surface area contributed by atoms with E-state index in [2.05, 4.69) is 15.0 Å². The van der Waals surface area contributed by atoms with Gasteiger partial charge in [0.1, 0.15) is 5.01 Å². The van der Waals surface area contributed by atoms with Crippen LogP contribution in [0.4, 0.5) is 5.69 Å². The van der Waals surface area contributed by atoms with Crippen molar-refractivity contribution < 1.29 is 9.53 Å². The number of aromatic nitrogens is 1. The Hall–Kier alpha value is -1.88. The van der Waals surface area contributed by atoms with Crippen LogP contribution in [0.2, 0.25) is 0 Å². The van der Waals surface area contributed by atoms with Crippen molar-refractivity contribution in [3.05, 3.63) is 46.4 Å². The number of carbonyl (C=O) groups is 1. The fourth-order valence-electron chi connectivity index (χ4n) is 1.36. The van der Waals surface area contributed by atoms with Gasteiger partial charge in [-0.3, -0.25) is 0 Å².